The van der Waals surface area contributed by atoms with E-state index in [0.717, 1.165) is 25.9 Å². The van der Waals surface area contributed by atoms with E-state index in [9.17, 15) is 10.1 Å². The van der Waals surface area contributed by atoms with Gasteiger partial charge >= 0.3 is 0 Å². The third kappa shape index (κ3) is 4.43. The van der Waals surface area contributed by atoms with Crippen LogP contribution in [0.3, 0.4) is 0 Å². The summed E-state index contributed by atoms with van der Waals surface area (Å²) in [7, 11) is 3.05. The van der Waals surface area contributed by atoms with Crippen LogP contribution in [-0.2, 0) is 4.79 Å². The van der Waals surface area contributed by atoms with Crippen molar-refractivity contribution in [3.63, 3.8) is 0 Å². The van der Waals surface area contributed by atoms with Gasteiger partial charge in [-0.1, -0.05) is 18.1 Å². The highest BCUT2D eigenvalue weighted by molar-refractivity contribution is 5.79. The van der Waals surface area contributed by atoms with E-state index >= 15 is 0 Å². The second-order valence-electron chi connectivity index (χ2n) is 5.91. The quantitative estimate of drug-likeness (QED) is 0.798. The Morgan fingerprint density at radius 1 is 1.40 bits per heavy atom. The summed E-state index contributed by atoms with van der Waals surface area (Å²) in [5.41, 5.74) is 0.586. The molecule has 1 unspecified atom stereocenters. The van der Waals surface area contributed by atoms with Gasteiger partial charge < -0.3 is 14.8 Å². The molecule has 0 saturated carbocycles. The largest absolute Gasteiger partial charge is 0.493 e. The first kappa shape index (κ1) is 18.6. The standard InChI is InChI=1S/C19H23N3O3/c1-4-10-22-11-8-14(9-12-22)19(23)21-16(13-20)15-6-5-7-17(24-2)18(15)25-3/h1,5-7,14,16H,8-12H2,2-3H3,(H,21,23). The second-order valence-corrected chi connectivity index (χ2v) is 5.91. The van der Waals surface area contributed by atoms with Gasteiger partial charge in [0.25, 0.3) is 0 Å². The topological polar surface area (TPSA) is 74.6 Å². The Hall–Kier alpha value is -2.70. The van der Waals surface area contributed by atoms with Crippen LogP contribution in [0.5, 0.6) is 11.5 Å². The number of hydrogen-bond donors (Lipinski definition) is 1. The van der Waals surface area contributed by atoms with Crippen LogP contribution >= 0.6 is 0 Å². The number of benzene rings is 1. The summed E-state index contributed by atoms with van der Waals surface area (Å²) in [4.78, 5) is 14.7. The molecule has 1 saturated heterocycles. The van der Waals surface area contributed by atoms with Gasteiger partial charge in [0, 0.05) is 11.5 Å². The molecule has 1 aliphatic heterocycles. The molecule has 25 heavy (non-hydrogen) atoms. The summed E-state index contributed by atoms with van der Waals surface area (Å²) in [5, 5.41) is 12.4. The lowest BCUT2D eigenvalue weighted by molar-refractivity contribution is -0.126. The van der Waals surface area contributed by atoms with Crippen molar-refractivity contribution in [3.8, 4) is 29.9 Å². The minimum atomic E-state index is -0.790. The molecule has 0 spiro atoms. The van der Waals surface area contributed by atoms with Gasteiger partial charge in [0.15, 0.2) is 11.5 Å². The van der Waals surface area contributed by atoms with Crippen molar-refractivity contribution >= 4 is 5.91 Å². The third-order valence-electron chi connectivity index (χ3n) is 4.43. The minimum Gasteiger partial charge on any atom is -0.493 e. The van der Waals surface area contributed by atoms with Gasteiger partial charge in [-0.3, -0.25) is 9.69 Å². The smallest absolute Gasteiger partial charge is 0.224 e. The summed E-state index contributed by atoms with van der Waals surface area (Å²) in [6.07, 6.45) is 6.80. The maximum Gasteiger partial charge on any atom is 0.224 e. The van der Waals surface area contributed by atoms with Gasteiger partial charge in [0.05, 0.1) is 26.8 Å². The van der Waals surface area contributed by atoms with Crippen LogP contribution in [0.1, 0.15) is 24.4 Å². The predicted molar refractivity (Wildman–Crippen MR) is 94.0 cm³/mol. The molecule has 1 aliphatic rings. The van der Waals surface area contributed by atoms with Crippen molar-refractivity contribution in [1.29, 1.82) is 5.26 Å². The number of amides is 1. The summed E-state index contributed by atoms with van der Waals surface area (Å²) in [6.45, 7) is 2.19. The molecule has 1 N–H and O–H groups in total. The molecule has 1 aromatic rings. The molecule has 0 aromatic heterocycles. The molecular formula is C19H23N3O3. The molecule has 1 aromatic carbocycles. The summed E-state index contributed by atoms with van der Waals surface area (Å²) in [5.74, 6) is 3.38. The second kappa shape index (κ2) is 8.96. The number of carbonyl (C=O) groups excluding carboxylic acids is 1. The van der Waals surface area contributed by atoms with Crippen molar-refractivity contribution in [2.24, 2.45) is 5.92 Å². The Bertz CT molecular complexity index is 682. The van der Waals surface area contributed by atoms with Crippen molar-refractivity contribution in [3.05, 3.63) is 23.8 Å². The van der Waals surface area contributed by atoms with Gasteiger partial charge in [-0.05, 0) is 32.0 Å². The zero-order valence-corrected chi connectivity index (χ0v) is 14.6. The minimum absolute atomic E-state index is 0.110. The molecule has 132 valence electrons. The molecule has 2 rings (SSSR count). The Balaban J connectivity index is 2.07. The van der Waals surface area contributed by atoms with Crippen molar-refractivity contribution in [2.45, 2.75) is 18.9 Å². The first-order valence-corrected chi connectivity index (χ1v) is 8.21. The Kier molecular flexibility index (Phi) is 6.68. The number of piperidine rings is 1. The van der Waals surface area contributed by atoms with Crippen molar-refractivity contribution in [1.82, 2.24) is 10.2 Å². The van der Waals surface area contributed by atoms with E-state index < -0.39 is 6.04 Å². The molecule has 0 radical (unpaired) electrons. The number of para-hydroxylation sites is 1. The van der Waals surface area contributed by atoms with E-state index in [0.29, 0.717) is 23.6 Å². The molecule has 0 bridgehead atoms. The van der Waals surface area contributed by atoms with Gasteiger partial charge in [0.1, 0.15) is 6.04 Å². The molecular weight excluding hydrogens is 318 g/mol. The highest BCUT2D eigenvalue weighted by Crippen LogP contribution is 2.34. The maximum atomic E-state index is 12.6. The van der Waals surface area contributed by atoms with Crippen LogP contribution < -0.4 is 14.8 Å². The maximum absolute atomic E-state index is 12.6. The lowest BCUT2D eigenvalue weighted by Crippen LogP contribution is -2.41. The van der Waals surface area contributed by atoms with E-state index in [1.807, 2.05) is 0 Å². The molecule has 6 nitrogen and oxygen atoms in total. The normalized spacial score (nSPS) is 16.3. The average Bonchev–Trinajstić information content (AvgIpc) is 2.66. The van der Waals surface area contributed by atoms with E-state index in [1.165, 1.54) is 14.2 Å². The van der Waals surface area contributed by atoms with Crippen LogP contribution in [0.4, 0.5) is 0 Å². The number of terminal acetylenes is 1. The molecule has 6 heteroatoms. The van der Waals surface area contributed by atoms with E-state index in [2.05, 4.69) is 22.2 Å². The number of ether oxygens (including phenoxy) is 2. The Labute approximate surface area is 148 Å². The van der Waals surface area contributed by atoms with Crippen LogP contribution in [0, 0.1) is 29.6 Å². The number of nitriles is 1. The molecule has 1 fully saturated rings. The van der Waals surface area contributed by atoms with Crippen LogP contribution in [0.2, 0.25) is 0 Å². The van der Waals surface area contributed by atoms with Crippen LogP contribution in [-0.4, -0.2) is 44.7 Å². The number of rotatable bonds is 6. The highest BCUT2D eigenvalue weighted by Gasteiger charge is 2.28. The lowest BCUT2D eigenvalue weighted by Gasteiger charge is -2.30. The average molecular weight is 341 g/mol. The van der Waals surface area contributed by atoms with Crippen molar-refractivity contribution < 1.29 is 14.3 Å². The van der Waals surface area contributed by atoms with E-state index in [4.69, 9.17) is 15.9 Å². The van der Waals surface area contributed by atoms with Gasteiger partial charge in [0.2, 0.25) is 5.91 Å². The fourth-order valence-corrected chi connectivity index (χ4v) is 3.06. The first-order valence-electron chi connectivity index (χ1n) is 8.21. The zero-order valence-electron chi connectivity index (χ0n) is 14.6. The fourth-order valence-electron chi connectivity index (χ4n) is 3.06. The highest BCUT2D eigenvalue weighted by atomic mass is 16.5. The van der Waals surface area contributed by atoms with Gasteiger partial charge in [-0.15, -0.1) is 6.42 Å². The molecule has 0 aliphatic carbocycles. The number of carbonyl (C=O) groups is 1. The Morgan fingerprint density at radius 2 is 2.12 bits per heavy atom. The number of methoxy groups -OCH3 is 2. The first-order chi connectivity index (χ1) is 12.1. The van der Waals surface area contributed by atoms with E-state index in [1.54, 1.807) is 18.2 Å². The molecule has 1 heterocycles. The zero-order chi connectivity index (χ0) is 18.2. The van der Waals surface area contributed by atoms with Crippen LogP contribution in [0.15, 0.2) is 18.2 Å². The van der Waals surface area contributed by atoms with Crippen LogP contribution in [0.25, 0.3) is 0 Å². The SMILES string of the molecule is C#CCN1CCC(C(=O)NC(C#N)c2cccc(OC)c2OC)CC1. The van der Waals surface area contributed by atoms with Gasteiger partial charge in [-0.25, -0.2) is 0 Å². The van der Waals surface area contributed by atoms with Crippen molar-refractivity contribution in [2.75, 3.05) is 33.9 Å². The fraction of sp³-hybridized carbons (Fsp3) is 0.474. The monoisotopic (exact) mass is 341 g/mol. The summed E-state index contributed by atoms with van der Waals surface area (Å²) >= 11 is 0. The summed E-state index contributed by atoms with van der Waals surface area (Å²) < 4.78 is 10.6. The summed E-state index contributed by atoms with van der Waals surface area (Å²) in [6, 6.07) is 6.62. The number of likely N-dealkylation sites (tertiary alicyclic amines) is 1. The number of hydrogen-bond acceptors (Lipinski definition) is 5. The predicted octanol–water partition coefficient (Wildman–Crippen LogP) is 1.73. The number of nitrogens with one attached hydrogen (secondary N) is 1. The third-order valence-corrected chi connectivity index (χ3v) is 4.43. The van der Waals surface area contributed by atoms with Gasteiger partial charge in [-0.2, -0.15) is 5.26 Å². The molecule has 1 amide bonds. The van der Waals surface area contributed by atoms with E-state index in [-0.39, 0.29) is 11.8 Å². The lowest BCUT2D eigenvalue weighted by atomic mass is 9.95. The number of nitrogens with zero attached hydrogens (tertiary/aromatic N) is 2. The Morgan fingerprint density at radius 3 is 2.68 bits per heavy atom. The molecule has 1 atom stereocenters.